The van der Waals surface area contributed by atoms with E-state index in [2.05, 4.69) is 86.4 Å². The summed E-state index contributed by atoms with van der Waals surface area (Å²) in [6.07, 6.45) is 10.5. The summed E-state index contributed by atoms with van der Waals surface area (Å²) < 4.78 is 0. The van der Waals surface area contributed by atoms with Gasteiger partial charge in [0.15, 0.2) is 0 Å². The number of hydrogen-bond acceptors (Lipinski definition) is 0. The topological polar surface area (TPSA) is 0 Å². The number of hydrogen-bond donors (Lipinski definition) is 0. The Balaban J connectivity index is 1.43. The monoisotopic (exact) mass is 394 g/mol. The lowest BCUT2D eigenvalue weighted by molar-refractivity contribution is 0.348. The smallest absolute Gasteiger partial charge is 0.0255 e. The molecule has 0 unspecified atom stereocenters. The zero-order chi connectivity index (χ0) is 20.8. The van der Waals surface area contributed by atoms with Crippen molar-refractivity contribution in [3.63, 3.8) is 0 Å². The predicted molar refractivity (Wildman–Crippen MR) is 130 cm³/mol. The Morgan fingerprint density at radius 1 is 0.733 bits per heavy atom. The first kappa shape index (κ1) is 20.7. The Morgan fingerprint density at radius 2 is 1.40 bits per heavy atom. The van der Waals surface area contributed by atoms with Crippen LogP contribution in [0.25, 0.3) is 10.8 Å². The molecule has 0 N–H and O–H groups in total. The van der Waals surface area contributed by atoms with E-state index in [0.29, 0.717) is 0 Å². The molecule has 0 heteroatoms. The molecule has 1 fully saturated rings. The fourth-order valence-electron chi connectivity index (χ4n) is 4.68. The van der Waals surface area contributed by atoms with E-state index in [1.165, 1.54) is 73.3 Å². The summed E-state index contributed by atoms with van der Waals surface area (Å²) in [4.78, 5) is 0. The maximum Gasteiger partial charge on any atom is 0.0255 e. The van der Waals surface area contributed by atoms with Gasteiger partial charge in [0.25, 0.3) is 0 Å². The highest BCUT2D eigenvalue weighted by molar-refractivity contribution is 5.84. The van der Waals surface area contributed by atoms with Crippen molar-refractivity contribution < 1.29 is 0 Å². The normalized spacial score (nSPS) is 18.7. The molecule has 0 nitrogen and oxygen atoms in total. The number of unbranched alkanes of at least 4 members (excludes halogenated alkanes) is 2. The summed E-state index contributed by atoms with van der Waals surface area (Å²) in [5.41, 5.74) is 5.14. The van der Waals surface area contributed by atoms with E-state index >= 15 is 0 Å². The van der Waals surface area contributed by atoms with Crippen LogP contribution in [0.2, 0.25) is 0 Å². The average Bonchev–Trinajstić information content (AvgIpc) is 2.79. The first-order valence-electron chi connectivity index (χ1n) is 11.9. The first-order chi connectivity index (χ1) is 14.7. The van der Waals surface area contributed by atoms with Crippen molar-refractivity contribution >= 4 is 10.8 Å². The highest BCUT2D eigenvalue weighted by atomic mass is 14.2. The Morgan fingerprint density at radius 3 is 2.17 bits per heavy atom. The van der Waals surface area contributed by atoms with E-state index in [1.54, 1.807) is 0 Å². The SMILES string of the molecule is CCCCCc1ccc2cc(C#Cc3ccc(C4CCC(C)CC4)cc3)ccc2c1. The van der Waals surface area contributed by atoms with E-state index in [1.807, 2.05) is 0 Å². The van der Waals surface area contributed by atoms with Gasteiger partial charge in [-0.2, -0.15) is 0 Å². The van der Waals surface area contributed by atoms with Gasteiger partial charge < -0.3 is 0 Å². The van der Waals surface area contributed by atoms with Crippen molar-refractivity contribution in [3.8, 4) is 11.8 Å². The van der Waals surface area contributed by atoms with Crippen LogP contribution in [-0.2, 0) is 6.42 Å². The van der Waals surface area contributed by atoms with Gasteiger partial charge >= 0.3 is 0 Å². The third-order valence-electron chi connectivity index (χ3n) is 6.72. The summed E-state index contributed by atoms with van der Waals surface area (Å²) in [6, 6.07) is 22.5. The molecule has 0 saturated heterocycles. The van der Waals surface area contributed by atoms with Crippen molar-refractivity contribution in [2.24, 2.45) is 5.92 Å². The molecule has 0 heterocycles. The highest BCUT2D eigenvalue weighted by Gasteiger charge is 2.19. The lowest BCUT2D eigenvalue weighted by Crippen LogP contribution is -2.10. The Bertz CT molecular complexity index is 1020. The van der Waals surface area contributed by atoms with Crippen LogP contribution >= 0.6 is 0 Å². The summed E-state index contributed by atoms with van der Waals surface area (Å²) in [5, 5.41) is 2.60. The summed E-state index contributed by atoms with van der Waals surface area (Å²) in [7, 11) is 0. The number of fused-ring (bicyclic) bond motifs is 1. The van der Waals surface area contributed by atoms with Gasteiger partial charge in [-0.1, -0.05) is 87.8 Å². The van der Waals surface area contributed by atoms with Crippen LogP contribution in [0, 0.1) is 17.8 Å². The predicted octanol–water partition coefficient (Wildman–Crippen LogP) is 8.27. The van der Waals surface area contributed by atoms with Crippen LogP contribution < -0.4 is 0 Å². The van der Waals surface area contributed by atoms with E-state index in [0.717, 1.165) is 23.0 Å². The van der Waals surface area contributed by atoms with Gasteiger partial charge in [-0.05, 0) is 83.7 Å². The van der Waals surface area contributed by atoms with Gasteiger partial charge in [0, 0.05) is 11.1 Å². The quantitative estimate of drug-likeness (QED) is 0.302. The highest BCUT2D eigenvalue weighted by Crippen LogP contribution is 2.35. The zero-order valence-electron chi connectivity index (χ0n) is 18.6. The third kappa shape index (κ3) is 5.34. The standard InChI is InChI=1S/C30H34/c1-3-4-5-6-25-13-19-30-22-26(14-20-29(30)21-25)10-9-24-11-17-28(18-12-24)27-15-7-23(2)8-16-27/h11-14,17-23,27H,3-8,15-16H2,1-2H3. The maximum absolute atomic E-state index is 3.36. The van der Waals surface area contributed by atoms with Gasteiger partial charge in [0.1, 0.15) is 0 Å². The molecule has 3 aromatic rings. The van der Waals surface area contributed by atoms with Gasteiger partial charge in [-0.15, -0.1) is 0 Å². The molecular weight excluding hydrogens is 360 g/mol. The fourth-order valence-corrected chi connectivity index (χ4v) is 4.68. The Kier molecular flexibility index (Phi) is 6.91. The minimum Gasteiger partial charge on any atom is -0.0654 e. The van der Waals surface area contributed by atoms with Crippen molar-refractivity contribution in [2.45, 2.75) is 71.1 Å². The number of rotatable bonds is 5. The molecule has 0 spiro atoms. The molecular formula is C30H34. The van der Waals surface area contributed by atoms with Gasteiger partial charge in [0.05, 0.1) is 0 Å². The molecule has 0 aromatic heterocycles. The lowest BCUT2D eigenvalue weighted by Gasteiger charge is -2.26. The summed E-state index contributed by atoms with van der Waals surface area (Å²) >= 11 is 0. The largest absolute Gasteiger partial charge is 0.0654 e. The van der Waals surface area contributed by atoms with E-state index in [4.69, 9.17) is 0 Å². The molecule has 0 amide bonds. The number of benzene rings is 3. The second-order valence-corrected chi connectivity index (χ2v) is 9.18. The Hall–Kier alpha value is -2.52. The van der Waals surface area contributed by atoms with Crippen LogP contribution in [0.3, 0.4) is 0 Å². The molecule has 1 aliphatic carbocycles. The summed E-state index contributed by atoms with van der Waals surface area (Å²) in [6.45, 7) is 4.64. The zero-order valence-corrected chi connectivity index (χ0v) is 18.6. The number of aryl methyl sites for hydroxylation is 1. The molecule has 0 radical (unpaired) electrons. The van der Waals surface area contributed by atoms with Crippen LogP contribution in [0.1, 0.15) is 87.0 Å². The summed E-state index contributed by atoms with van der Waals surface area (Å²) in [5.74, 6) is 8.37. The average molecular weight is 395 g/mol. The minimum absolute atomic E-state index is 0.746. The molecule has 4 rings (SSSR count). The molecule has 1 aliphatic rings. The lowest BCUT2D eigenvalue weighted by atomic mass is 9.79. The second-order valence-electron chi connectivity index (χ2n) is 9.18. The van der Waals surface area contributed by atoms with Crippen LogP contribution in [0.15, 0.2) is 60.7 Å². The van der Waals surface area contributed by atoms with Crippen LogP contribution in [-0.4, -0.2) is 0 Å². The molecule has 3 aromatic carbocycles. The maximum atomic E-state index is 3.36. The second kappa shape index (κ2) is 9.99. The van der Waals surface area contributed by atoms with Crippen molar-refractivity contribution in [2.75, 3.05) is 0 Å². The van der Waals surface area contributed by atoms with Crippen molar-refractivity contribution in [1.82, 2.24) is 0 Å². The molecule has 0 atom stereocenters. The van der Waals surface area contributed by atoms with E-state index < -0.39 is 0 Å². The molecule has 0 bridgehead atoms. The van der Waals surface area contributed by atoms with Gasteiger partial charge in [-0.3, -0.25) is 0 Å². The third-order valence-corrected chi connectivity index (χ3v) is 6.72. The molecule has 154 valence electrons. The van der Waals surface area contributed by atoms with Crippen LogP contribution in [0.4, 0.5) is 0 Å². The fraction of sp³-hybridized carbons (Fsp3) is 0.400. The molecule has 30 heavy (non-hydrogen) atoms. The van der Waals surface area contributed by atoms with Crippen molar-refractivity contribution in [3.05, 3.63) is 82.9 Å². The van der Waals surface area contributed by atoms with E-state index in [-0.39, 0.29) is 0 Å². The Labute approximate surface area is 182 Å². The molecule has 0 aliphatic heterocycles. The van der Waals surface area contributed by atoms with Crippen molar-refractivity contribution in [1.29, 1.82) is 0 Å². The minimum atomic E-state index is 0.746. The molecule has 1 saturated carbocycles. The van der Waals surface area contributed by atoms with E-state index in [9.17, 15) is 0 Å². The van der Waals surface area contributed by atoms with Gasteiger partial charge in [0.2, 0.25) is 0 Å². The first-order valence-corrected chi connectivity index (χ1v) is 11.9. The van der Waals surface area contributed by atoms with Crippen LogP contribution in [0.5, 0.6) is 0 Å². The van der Waals surface area contributed by atoms with Gasteiger partial charge in [-0.25, -0.2) is 0 Å².